The molecule has 0 saturated carbocycles. The molecule has 3 aromatic carbocycles. The van der Waals surface area contributed by atoms with Gasteiger partial charge in [-0.3, -0.25) is 9.69 Å². The summed E-state index contributed by atoms with van der Waals surface area (Å²) < 4.78 is 50.8. The predicted molar refractivity (Wildman–Crippen MR) is 160 cm³/mol. The van der Waals surface area contributed by atoms with Crippen LogP contribution in [0.4, 0.5) is 18.9 Å². The lowest BCUT2D eigenvalue weighted by atomic mass is 10.0. The van der Waals surface area contributed by atoms with Gasteiger partial charge in [0.15, 0.2) is 5.76 Å². The number of hydrogen-bond donors (Lipinski definition) is 1. The summed E-state index contributed by atoms with van der Waals surface area (Å²) in [6, 6.07) is 22.5. The summed E-state index contributed by atoms with van der Waals surface area (Å²) in [5, 5.41) is 13.3. The van der Waals surface area contributed by atoms with Gasteiger partial charge in [0.25, 0.3) is 5.91 Å². The maximum absolute atomic E-state index is 13.0. The van der Waals surface area contributed by atoms with Gasteiger partial charge in [0.1, 0.15) is 17.4 Å². The quantitative estimate of drug-likeness (QED) is 0.252. The predicted octanol–water partition coefficient (Wildman–Crippen LogP) is 6.77. The molecule has 7 nitrogen and oxygen atoms in total. The van der Waals surface area contributed by atoms with Gasteiger partial charge in [0.05, 0.1) is 17.2 Å². The van der Waals surface area contributed by atoms with Crippen LogP contribution in [0.5, 0.6) is 5.75 Å². The smallest absolute Gasteiger partial charge is 0.416 e. The van der Waals surface area contributed by atoms with E-state index in [1.165, 1.54) is 12.1 Å². The maximum atomic E-state index is 13.0. The zero-order chi connectivity index (χ0) is 30.7. The minimum atomic E-state index is -4.34. The first-order valence-corrected chi connectivity index (χ1v) is 14.9. The number of nitrogens with one attached hydrogen (secondary N) is 1. The van der Waals surface area contributed by atoms with E-state index < -0.39 is 11.7 Å². The Kier molecular flexibility index (Phi) is 8.49. The van der Waals surface area contributed by atoms with Crippen LogP contribution in [0, 0.1) is 11.3 Å². The van der Waals surface area contributed by atoms with Crippen LogP contribution in [-0.2, 0) is 12.7 Å². The van der Waals surface area contributed by atoms with Crippen LogP contribution in [0.3, 0.4) is 0 Å². The molecule has 10 heteroatoms. The van der Waals surface area contributed by atoms with Crippen molar-refractivity contribution in [1.82, 2.24) is 10.2 Å². The van der Waals surface area contributed by atoms with Gasteiger partial charge < -0.3 is 19.4 Å². The first kappa shape index (κ1) is 29.6. The monoisotopic (exact) mass is 602 g/mol. The van der Waals surface area contributed by atoms with Gasteiger partial charge in [0.2, 0.25) is 0 Å². The molecule has 228 valence electrons. The zero-order valence-corrected chi connectivity index (χ0v) is 24.1. The molecule has 0 bridgehead atoms. The van der Waals surface area contributed by atoms with Crippen molar-refractivity contribution in [2.45, 2.75) is 50.6 Å². The van der Waals surface area contributed by atoms with Crippen molar-refractivity contribution >= 4 is 22.6 Å². The molecule has 2 saturated heterocycles. The number of ether oxygens (including phenoxy) is 1. The molecule has 1 N–H and O–H groups in total. The van der Waals surface area contributed by atoms with Gasteiger partial charge >= 0.3 is 6.18 Å². The molecule has 1 aromatic heterocycles. The van der Waals surface area contributed by atoms with Crippen molar-refractivity contribution < 1.29 is 27.1 Å². The molecule has 6 rings (SSSR count). The van der Waals surface area contributed by atoms with Crippen molar-refractivity contribution in [1.29, 1.82) is 5.26 Å². The molecule has 0 spiro atoms. The van der Waals surface area contributed by atoms with E-state index in [1.807, 2.05) is 36.4 Å². The third-order valence-corrected chi connectivity index (χ3v) is 8.47. The third-order valence-electron chi connectivity index (χ3n) is 8.47. The van der Waals surface area contributed by atoms with Crippen LogP contribution >= 0.6 is 0 Å². The number of amides is 1. The highest BCUT2D eigenvalue weighted by Gasteiger charge is 2.30. The number of nitriles is 1. The fourth-order valence-electron chi connectivity index (χ4n) is 5.98. The largest absolute Gasteiger partial charge is 0.490 e. The number of fused-ring (bicyclic) bond motifs is 1. The Balaban J connectivity index is 0.988. The van der Waals surface area contributed by atoms with Crippen LogP contribution < -0.4 is 15.0 Å². The van der Waals surface area contributed by atoms with E-state index in [9.17, 15) is 23.2 Å². The van der Waals surface area contributed by atoms with Crippen molar-refractivity contribution in [3.05, 3.63) is 95.2 Å². The number of carbonyl (C=O) groups excluding carboxylic acids is 1. The highest BCUT2D eigenvalue weighted by molar-refractivity contribution is 5.96. The minimum absolute atomic E-state index is 0.0323. The number of nitrogens with zero attached hydrogens (tertiary/aromatic N) is 3. The molecule has 2 aliphatic heterocycles. The second-order valence-corrected chi connectivity index (χ2v) is 11.5. The molecule has 0 aliphatic carbocycles. The van der Waals surface area contributed by atoms with E-state index in [4.69, 9.17) is 9.15 Å². The SMILES string of the molecule is N#Cc1ccccc1CN1CCC(NC(=O)c2cc3ccc(OC4CCN(c5ccc(C(F)(F)F)cc5)CC4)cc3o2)CC1. The molecule has 44 heavy (non-hydrogen) atoms. The molecule has 1 amide bonds. The summed E-state index contributed by atoms with van der Waals surface area (Å²) in [6.45, 7) is 3.73. The molecular weight excluding hydrogens is 569 g/mol. The molecule has 2 fully saturated rings. The maximum Gasteiger partial charge on any atom is 0.416 e. The summed E-state index contributed by atoms with van der Waals surface area (Å²) in [5.74, 6) is 0.664. The number of furan rings is 1. The Morgan fingerprint density at radius 2 is 1.68 bits per heavy atom. The lowest BCUT2D eigenvalue weighted by Gasteiger charge is -2.33. The van der Waals surface area contributed by atoms with Gasteiger partial charge in [-0.1, -0.05) is 18.2 Å². The fraction of sp³-hybridized carbons (Fsp3) is 0.353. The summed E-state index contributed by atoms with van der Waals surface area (Å²) in [6.07, 6.45) is -1.28. The number of alkyl halides is 3. The van der Waals surface area contributed by atoms with Crippen LogP contribution in [0.1, 0.15) is 52.9 Å². The van der Waals surface area contributed by atoms with Gasteiger partial charge in [-0.05, 0) is 66.9 Å². The van der Waals surface area contributed by atoms with Gasteiger partial charge in [-0.25, -0.2) is 0 Å². The Morgan fingerprint density at radius 1 is 0.955 bits per heavy atom. The standard InChI is InChI=1S/C34H33F3N4O3/c35-34(36,37)26-6-8-28(9-7-26)41-17-13-29(14-18-41)43-30-10-5-23-19-32(44-31(23)20-30)33(42)39-27-11-15-40(16-12-27)22-25-4-2-1-3-24(25)21-38/h1-10,19-20,27,29H,11-18,22H2,(H,39,42). The van der Waals surface area contributed by atoms with Crippen molar-refractivity contribution in [2.24, 2.45) is 0 Å². The number of rotatable bonds is 7. The minimum Gasteiger partial charge on any atom is -0.490 e. The van der Waals surface area contributed by atoms with Crippen molar-refractivity contribution in [3.8, 4) is 11.8 Å². The second kappa shape index (κ2) is 12.6. The number of anilines is 1. The fourth-order valence-corrected chi connectivity index (χ4v) is 5.98. The molecular formula is C34H33F3N4O3. The molecule has 2 aliphatic rings. The average Bonchev–Trinajstić information content (AvgIpc) is 3.46. The van der Waals surface area contributed by atoms with Crippen LogP contribution in [0.2, 0.25) is 0 Å². The Bertz CT molecular complexity index is 1650. The topological polar surface area (TPSA) is 81.7 Å². The molecule has 4 aromatic rings. The molecule has 0 atom stereocenters. The van der Waals surface area contributed by atoms with Gasteiger partial charge in [-0.2, -0.15) is 18.4 Å². The lowest BCUT2D eigenvalue weighted by molar-refractivity contribution is -0.137. The Labute approximate surface area is 253 Å². The Morgan fingerprint density at radius 3 is 2.39 bits per heavy atom. The second-order valence-electron chi connectivity index (χ2n) is 11.5. The van der Waals surface area contributed by atoms with E-state index in [0.717, 1.165) is 74.1 Å². The summed E-state index contributed by atoms with van der Waals surface area (Å²) in [4.78, 5) is 17.4. The molecule has 0 radical (unpaired) electrons. The molecule has 0 unspecified atom stereocenters. The van der Waals surface area contributed by atoms with Crippen LogP contribution in [-0.4, -0.2) is 49.1 Å². The van der Waals surface area contributed by atoms with Gasteiger partial charge in [-0.15, -0.1) is 0 Å². The normalized spacial score (nSPS) is 17.0. The Hall–Kier alpha value is -4.49. The van der Waals surface area contributed by atoms with Crippen molar-refractivity contribution in [3.63, 3.8) is 0 Å². The first-order chi connectivity index (χ1) is 21.2. The average molecular weight is 603 g/mol. The zero-order valence-electron chi connectivity index (χ0n) is 24.1. The number of likely N-dealkylation sites (tertiary alicyclic amines) is 1. The van der Waals surface area contributed by atoms with Crippen LogP contribution in [0.15, 0.2) is 77.2 Å². The van der Waals surface area contributed by atoms with Crippen molar-refractivity contribution in [2.75, 3.05) is 31.1 Å². The lowest BCUT2D eigenvalue weighted by Crippen LogP contribution is -2.44. The van der Waals surface area contributed by atoms with Gasteiger partial charge in [0, 0.05) is 68.7 Å². The van der Waals surface area contributed by atoms with E-state index in [1.54, 1.807) is 12.1 Å². The number of hydrogen-bond acceptors (Lipinski definition) is 6. The number of carbonyl (C=O) groups is 1. The van der Waals surface area contributed by atoms with Crippen LogP contribution in [0.25, 0.3) is 11.0 Å². The molecule has 3 heterocycles. The van der Waals surface area contributed by atoms with E-state index >= 15 is 0 Å². The number of benzene rings is 3. The highest BCUT2D eigenvalue weighted by Crippen LogP contribution is 2.32. The van der Waals surface area contributed by atoms with E-state index in [2.05, 4.69) is 21.2 Å². The van der Waals surface area contributed by atoms with E-state index in [-0.39, 0.29) is 23.8 Å². The summed E-state index contributed by atoms with van der Waals surface area (Å²) in [7, 11) is 0. The number of piperidine rings is 2. The number of halogens is 3. The van der Waals surface area contributed by atoms with E-state index in [0.29, 0.717) is 30.0 Å². The highest BCUT2D eigenvalue weighted by atomic mass is 19.4. The first-order valence-electron chi connectivity index (χ1n) is 14.9. The third kappa shape index (κ3) is 6.84. The summed E-state index contributed by atoms with van der Waals surface area (Å²) in [5.41, 5.74) is 2.41. The summed E-state index contributed by atoms with van der Waals surface area (Å²) >= 11 is 0.